The molecule has 2 aromatic carbocycles. The molecule has 0 spiro atoms. The molecule has 1 N–H and O–H groups in total. The maximum Gasteiger partial charge on any atom is 0.350 e. The summed E-state index contributed by atoms with van der Waals surface area (Å²) >= 11 is 1.000. The van der Waals surface area contributed by atoms with Gasteiger partial charge in [0.05, 0.1) is 23.8 Å². The van der Waals surface area contributed by atoms with E-state index in [1.54, 1.807) is 43.3 Å². The normalized spacial score (nSPS) is 11.1. The SMILES string of the molecule is CCOC(=O)c1sc(NC(=O)CCS(=O)(=O)Cc2ccccc2)nc1-c1ccccc1. The van der Waals surface area contributed by atoms with Crippen LogP contribution in [-0.2, 0) is 25.1 Å². The van der Waals surface area contributed by atoms with Crippen molar-refractivity contribution in [3.63, 3.8) is 0 Å². The number of carbonyl (C=O) groups is 2. The lowest BCUT2D eigenvalue weighted by Crippen LogP contribution is -2.18. The third-order valence-corrected chi connectivity index (χ3v) is 6.80. The lowest BCUT2D eigenvalue weighted by molar-refractivity contribution is -0.115. The Balaban J connectivity index is 1.69. The van der Waals surface area contributed by atoms with Gasteiger partial charge in [0, 0.05) is 12.0 Å². The van der Waals surface area contributed by atoms with Crippen molar-refractivity contribution < 1.29 is 22.7 Å². The van der Waals surface area contributed by atoms with Gasteiger partial charge in [-0.15, -0.1) is 0 Å². The van der Waals surface area contributed by atoms with Crippen molar-refractivity contribution in [1.29, 1.82) is 0 Å². The van der Waals surface area contributed by atoms with Gasteiger partial charge in [-0.3, -0.25) is 4.79 Å². The van der Waals surface area contributed by atoms with Crippen LogP contribution < -0.4 is 5.32 Å². The molecule has 0 aliphatic rings. The fourth-order valence-corrected chi connectivity index (χ4v) is 5.07. The molecule has 0 fully saturated rings. The summed E-state index contributed by atoms with van der Waals surface area (Å²) in [5.74, 6) is -1.41. The van der Waals surface area contributed by atoms with Crippen LogP contribution in [0.5, 0.6) is 0 Å². The number of thiazole rings is 1. The summed E-state index contributed by atoms with van der Waals surface area (Å²) in [6, 6.07) is 17.9. The average Bonchev–Trinajstić information content (AvgIpc) is 3.17. The number of esters is 1. The van der Waals surface area contributed by atoms with E-state index in [0.717, 1.165) is 11.3 Å². The smallest absolute Gasteiger partial charge is 0.350 e. The van der Waals surface area contributed by atoms with Crippen LogP contribution >= 0.6 is 11.3 Å². The average molecular weight is 459 g/mol. The standard InChI is InChI=1S/C22H22N2O5S2/c1-2-29-21(26)20-19(17-11-7-4-8-12-17)24-22(30-20)23-18(25)13-14-31(27,28)15-16-9-5-3-6-10-16/h3-12H,2,13-15H2,1H3,(H,23,24,25). The highest BCUT2D eigenvalue weighted by Crippen LogP contribution is 2.31. The molecule has 0 aliphatic carbocycles. The summed E-state index contributed by atoms with van der Waals surface area (Å²) < 4.78 is 29.7. The molecule has 1 amide bonds. The Morgan fingerprint density at radius 2 is 1.68 bits per heavy atom. The summed E-state index contributed by atoms with van der Waals surface area (Å²) in [4.78, 5) is 29.3. The number of hydrogen-bond donors (Lipinski definition) is 1. The Morgan fingerprint density at radius 1 is 1.03 bits per heavy atom. The van der Waals surface area contributed by atoms with Crippen LogP contribution in [0.2, 0.25) is 0 Å². The van der Waals surface area contributed by atoms with Crippen LogP contribution in [0.3, 0.4) is 0 Å². The van der Waals surface area contributed by atoms with Crippen molar-refractivity contribution in [2.24, 2.45) is 0 Å². The second kappa shape index (κ2) is 10.3. The highest BCUT2D eigenvalue weighted by Gasteiger charge is 2.22. The van der Waals surface area contributed by atoms with Crippen molar-refractivity contribution in [3.05, 3.63) is 71.1 Å². The van der Waals surface area contributed by atoms with Crippen LogP contribution in [0.4, 0.5) is 5.13 Å². The van der Waals surface area contributed by atoms with Crippen LogP contribution in [0, 0.1) is 0 Å². The van der Waals surface area contributed by atoms with Gasteiger partial charge < -0.3 is 10.1 Å². The Hall–Kier alpha value is -3.04. The second-order valence-corrected chi connectivity index (χ2v) is 9.84. The number of ether oxygens (including phenoxy) is 1. The van der Waals surface area contributed by atoms with E-state index in [-0.39, 0.29) is 34.5 Å². The van der Waals surface area contributed by atoms with Gasteiger partial charge in [-0.05, 0) is 12.5 Å². The highest BCUT2D eigenvalue weighted by molar-refractivity contribution is 7.90. The molecule has 0 radical (unpaired) electrons. The molecular formula is C22H22N2O5S2. The number of anilines is 1. The summed E-state index contributed by atoms with van der Waals surface area (Å²) in [5.41, 5.74) is 1.80. The number of hydrogen-bond acceptors (Lipinski definition) is 7. The van der Waals surface area contributed by atoms with Gasteiger partial charge in [-0.2, -0.15) is 0 Å². The number of carbonyl (C=O) groups excluding carboxylic acids is 2. The quantitative estimate of drug-likeness (QED) is 0.488. The van der Waals surface area contributed by atoms with Crippen molar-refractivity contribution in [2.75, 3.05) is 17.7 Å². The molecule has 31 heavy (non-hydrogen) atoms. The summed E-state index contributed by atoms with van der Waals surface area (Å²) in [7, 11) is -3.44. The van der Waals surface area contributed by atoms with Gasteiger partial charge in [-0.1, -0.05) is 72.0 Å². The van der Waals surface area contributed by atoms with Crippen molar-refractivity contribution in [3.8, 4) is 11.3 Å². The minimum Gasteiger partial charge on any atom is -0.462 e. The van der Waals surface area contributed by atoms with E-state index in [1.165, 1.54) is 0 Å². The van der Waals surface area contributed by atoms with Crippen LogP contribution in [0.1, 0.15) is 28.6 Å². The van der Waals surface area contributed by atoms with Crippen molar-refractivity contribution in [2.45, 2.75) is 19.1 Å². The Bertz CT molecular complexity index is 1140. The van der Waals surface area contributed by atoms with Crippen LogP contribution in [0.25, 0.3) is 11.3 Å². The summed E-state index contributed by atoms with van der Waals surface area (Å²) in [5, 5.41) is 2.82. The molecular weight excluding hydrogens is 436 g/mol. The third kappa shape index (κ3) is 6.47. The molecule has 0 atom stereocenters. The first kappa shape index (κ1) is 22.6. The lowest BCUT2D eigenvalue weighted by atomic mass is 10.1. The minimum absolute atomic E-state index is 0.121. The largest absolute Gasteiger partial charge is 0.462 e. The first-order chi connectivity index (χ1) is 14.9. The first-order valence-electron chi connectivity index (χ1n) is 9.65. The summed E-state index contributed by atoms with van der Waals surface area (Å²) in [6.07, 6.45) is -0.204. The molecule has 9 heteroatoms. The third-order valence-electron chi connectivity index (χ3n) is 4.25. The van der Waals surface area contributed by atoms with Crippen molar-refractivity contribution >= 4 is 38.2 Å². The predicted octanol–water partition coefficient (Wildman–Crippen LogP) is 3.93. The molecule has 0 saturated heterocycles. The fraction of sp³-hybridized carbons (Fsp3) is 0.227. The zero-order valence-corrected chi connectivity index (χ0v) is 18.5. The predicted molar refractivity (Wildman–Crippen MR) is 121 cm³/mol. The molecule has 3 rings (SSSR count). The van der Waals surface area contributed by atoms with Crippen LogP contribution in [-0.4, -0.2) is 37.6 Å². The molecule has 0 saturated carbocycles. The van der Waals surface area contributed by atoms with Crippen molar-refractivity contribution in [1.82, 2.24) is 4.98 Å². The Kier molecular flexibility index (Phi) is 7.54. The van der Waals surface area contributed by atoms with Gasteiger partial charge in [0.1, 0.15) is 4.88 Å². The molecule has 0 unspecified atom stereocenters. The molecule has 162 valence electrons. The minimum atomic E-state index is -3.44. The first-order valence-corrected chi connectivity index (χ1v) is 12.3. The van der Waals surface area contributed by atoms with Crippen LogP contribution in [0.15, 0.2) is 60.7 Å². The van der Waals surface area contributed by atoms with E-state index >= 15 is 0 Å². The van der Waals surface area contributed by atoms with E-state index in [0.29, 0.717) is 16.8 Å². The second-order valence-electron chi connectivity index (χ2n) is 6.66. The van der Waals surface area contributed by atoms with E-state index in [2.05, 4.69) is 10.3 Å². The fourth-order valence-electron chi connectivity index (χ4n) is 2.83. The van der Waals surface area contributed by atoms with E-state index in [4.69, 9.17) is 4.74 Å². The number of benzene rings is 2. The summed E-state index contributed by atoms with van der Waals surface area (Å²) in [6.45, 7) is 1.92. The zero-order chi connectivity index (χ0) is 22.3. The van der Waals surface area contributed by atoms with Gasteiger partial charge in [0.15, 0.2) is 15.0 Å². The van der Waals surface area contributed by atoms with E-state index in [1.807, 2.05) is 24.3 Å². The molecule has 1 heterocycles. The van der Waals surface area contributed by atoms with E-state index in [9.17, 15) is 18.0 Å². The van der Waals surface area contributed by atoms with Gasteiger partial charge in [0.2, 0.25) is 5.91 Å². The topological polar surface area (TPSA) is 102 Å². The van der Waals surface area contributed by atoms with E-state index < -0.39 is 21.7 Å². The number of amides is 1. The Morgan fingerprint density at radius 3 is 2.32 bits per heavy atom. The Labute approximate surface area is 185 Å². The van der Waals surface area contributed by atoms with Gasteiger partial charge >= 0.3 is 5.97 Å². The maximum absolute atomic E-state index is 12.3. The van der Waals surface area contributed by atoms with Gasteiger partial charge in [-0.25, -0.2) is 18.2 Å². The molecule has 0 bridgehead atoms. The maximum atomic E-state index is 12.3. The number of nitrogens with one attached hydrogen (secondary N) is 1. The lowest BCUT2D eigenvalue weighted by Gasteiger charge is -2.05. The number of rotatable bonds is 9. The molecule has 0 aliphatic heterocycles. The number of nitrogens with zero attached hydrogens (tertiary/aromatic N) is 1. The zero-order valence-electron chi connectivity index (χ0n) is 16.9. The molecule has 7 nitrogen and oxygen atoms in total. The number of aromatic nitrogens is 1. The number of sulfone groups is 1. The molecule has 1 aromatic heterocycles. The molecule has 3 aromatic rings. The highest BCUT2D eigenvalue weighted by atomic mass is 32.2. The van der Waals surface area contributed by atoms with Gasteiger partial charge in [0.25, 0.3) is 0 Å². The monoisotopic (exact) mass is 458 g/mol.